The van der Waals surface area contributed by atoms with Gasteiger partial charge >= 0.3 is 6.30 Å². The summed E-state index contributed by atoms with van der Waals surface area (Å²) in [6.07, 6.45) is -1.34. The highest BCUT2D eigenvalue weighted by atomic mass is 35.5. The number of carbonyl (C=O) groups excluding carboxylic acids is 1. The second-order valence-electron chi connectivity index (χ2n) is 8.79. The molecule has 0 bridgehead atoms. The number of pyridine rings is 1. The van der Waals surface area contributed by atoms with Crippen LogP contribution in [0, 0.1) is 0 Å². The van der Waals surface area contributed by atoms with Gasteiger partial charge in [0.2, 0.25) is 5.91 Å². The molecule has 1 unspecified atom stereocenters. The largest absolute Gasteiger partial charge is 0.460 e. The standard InChI is InChI=1S/C25H23ClF3N7OS/c1-15(37)33-21-12-17(6-7-30-21)20-13-19(23(38-20)24-31-14-32-34-24)22(16-2-4-18(26)5-3-16)35-8-10-36(11-9-35)25(27,28)29/h2-7,12-14,22H,8-11H2,1H3,(H,30,33,37)(H,31,32,34). The topological polar surface area (TPSA) is 90.0 Å². The molecule has 1 fully saturated rings. The second kappa shape index (κ2) is 10.8. The minimum atomic E-state index is -4.37. The Balaban J connectivity index is 1.60. The van der Waals surface area contributed by atoms with Gasteiger partial charge in [-0.1, -0.05) is 23.7 Å². The number of nitrogens with zero attached hydrogens (tertiary/aromatic N) is 5. The zero-order valence-electron chi connectivity index (χ0n) is 20.2. The lowest BCUT2D eigenvalue weighted by molar-refractivity contribution is -0.253. The lowest BCUT2D eigenvalue weighted by atomic mass is 9.95. The van der Waals surface area contributed by atoms with Crippen LogP contribution in [0.15, 0.2) is 55.0 Å². The summed E-state index contributed by atoms with van der Waals surface area (Å²) in [5.74, 6) is 0.744. The van der Waals surface area contributed by atoms with E-state index in [0.717, 1.165) is 26.4 Å². The number of hydrogen-bond donors (Lipinski definition) is 2. The summed E-state index contributed by atoms with van der Waals surface area (Å²) in [5.41, 5.74) is 2.61. The molecule has 198 valence electrons. The van der Waals surface area contributed by atoms with E-state index in [1.807, 2.05) is 29.2 Å². The number of piperazine rings is 1. The SMILES string of the molecule is CC(=O)Nc1cc(-c2cc(C(c3ccc(Cl)cc3)N3CCN(C(F)(F)F)CC3)c(-c3ncn[nH]3)s2)ccn1. The molecular weight excluding hydrogens is 539 g/mol. The van der Waals surface area contributed by atoms with Gasteiger partial charge in [-0.25, -0.2) is 14.9 Å². The lowest BCUT2D eigenvalue weighted by Crippen LogP contribution is -2.52. The molecule has 8 nitrogen and oxygen atoms in total. The number of halogens is 4. The molecule has 13 heteroatoms. The zero-order chi connectivity index (χ0) is 26.9. The minimum absolute atomic E-state index is 0.132. The van der Waals surface area contributed by atoms with Crippen LogP contribution in [0.2, 0.25) is 5.02 Å². The molecule has 0 saturated carbocycles. The number of thiophene rings is 1. The summed E-state index contributed by atoms with van der Waals surface area (Å²) >= 11 is 7.64. The maximum Gasteiger partial charge on any atom is 0.460 e. The highest BCUT2D eigenvalue weighted by Gasteiger charge is 2.40. The van der Waals surface area contributed by atoms with Crippen LogP contribution in [0.1, 0.15) is 24.1 Å². The number of nitrogens with one attached hydrogen (secondary N) is 2. The van der Waals surface area contributed by atoms with Gasteiger partial charge in [0.1, 0.15) is 12.1 Å². The average Bonchev–Trinajstić information content (AvgIpc) is 3.56. The van der Waals surface area contributed by atoms with Crippen molar-refractivity contribution in [3.05, 3.63) is 71.1 Å². The molecule has 38 heavy (non-hydrogen) atoms. The number of aromatic nitrogens is 4. The number of aromatic amines is 1. The first-order chi connectivity index (χ1) is 18.2. The lowest BCUT2D eigenvalue weighted by Gasteiger charge is -2.40. The Morgan fingerprint density at radius 1 is 1.11 bits per heavy atom. The van der Waals surface area contributed by atoms with Crippen LogP contribution in [0.4, 0.5) is 19.0 Å². The quantitative estimate of drug-likeness (QED) is 0.305. The maximum atomic E-state index is 13.4. The van der Waals surface area contributed by atoms with Gasteiger partial charge in [0, 0.05) is 49.2 Å². The molecule has 1 saturated heterocycles. The first-order valence-electron chi connectivity index (χ1n) is 11.7. The van der Waals surface area contributed by atoms with Crippen LogP contribution in [0.3, 0.4) is 0 Å². The molecule has 4 aromatic rings. The Kier molecular flexibility index (Phi) is 7.48. The molecule has 4 heterocycles. The van der Waals surface area contributed by atoms with Crippen LogP contribution in [0.25, 0.3) is 21.1 Å². The van der Waals surface area contributed by atoms with E-state index in [9.17, 15) is 18.0 Å². The second-order valence-corrected chi connectivity index (χ2v) is 10.3. The van der Waals surface area contributed by atoms with Gasteiger partial charge in [-0.2, -0.15) is 18.3 Å². The third kappa shape index (κ3) is 5.73. The number of alkyl halides is 3. The van der Waals surface area contributed by atoms with Gasteiger partial charge < -0.3 is 5.32 Å². The smallest absolute Gasteiger partial charge is 0.311 e. The number of H-pyrrole nitrogens is 1. The molecule has 1 aliphatic rings. The number of hydrogen-bond acceptors (Lipinski definition) is 7. The van der Waals surface area contributed by atoms with E-state index in [2.05, 4.69) is 25.5 Å². The molecule has 3 aromatic heterocycles. The summed E-state index contributed by atoms with van der Waals surface area (Å²) in [6, 6.07) is 12.6. The number of benzene rings is 1. The molecule has 2 N–H and O–H groups in total. The minimum Gasteiger partial charge on any atom is -0.311 e. The molecule has 0 aliphatic carbocycles. The Labute approximate surface area is 225 Å². The molecular formula is C25H23ClF3N7OS. The van der Waals surface area contributed by atoms with Gasteiger partial charge in [-0.3, -0.25) is 14.8 Å². The number of anilines is 1. The van der Waals surface area contributed by atoms with Crippen LogP contribution in [0.5, 0.6) is 0 Å². The highest BCUT2D eigenvalue weighted by Crippen LogP contribution is 2.44. The Bertz CT molecular complexity index is 1400. The highest BCUT2D eigenvalue weighted by molar-refractivity contribution is 7.19. The van der Waals surface area contributed by atoms with Gasteiger partial charge in [0.05, 0.1) is 10.9 Å². The summed E-state index contributed by atoms with van der Waals surface area (Å²) in [6.45, 7) is 1.58. The molecule has 0 spiro atoms. The van der Waals surface area contributed by atoms with Gasteiger partial charge in [0.15, 0.2) is 5.82 Å². The van der Waals surface area contributed by atoms with E-state index in [0.29, 0.717) is 21.6 Å². The predicted octanol–water partition coefficient (Wildman–Crippen LogP) is 5.43. The fourth-order valence-corrected chi connectivity index (χ4v) is 5.81. The van der Waals surface area contributed by atoms with Crippen molar-refractivity contribution in [1.29, 1.82) is 0 Å². The fraction of sp³-hybridized carbons (Fsp3) is 0.280. The third-order valence-electron chi connectivity index (χ3n) is 6.26. The van der Waals surface area contributed by atoms with Crippen molar-refractivity contribution in [2.45, 2.75) is 19.3 Å². The molecule has 1 atom stereocenters. The van der Waals surface area contributed by atoms with Crippen LogP contribution >= 0.6 is 22.9 Å². The van der Waals surface area contributed by atoms with E-state index < -0.39 is 6.30 Å². The Morgan fingerprint density at radius 2 is 1.84 bits per heavy atom. The summed E-state index contributed by atoms with van der Waals surface area (Å²) < 4.78 is 40.1. The van der Waals surface area contributed by atoms with Gasteiger partial charge in [0.25, 0.3) is 0 Å². The summed E-state index contributed by atoms with van der Waals surface area (Å²) in [5, 5.41) is 10.2. The average molecular weight is 562 g/mol. The van der Waals surface area contributed by atoms with Crippen molar-refractivity contribution in [1.82, 2.24) is 30.0 Å². The van der Waals surface area contributed by atoms with Crippen molar-refractivity contribution in [2.24, 2.45) is 0 Å². The number of rotatable bonds is 6. The monoisotopic (exact) mass is 561 g/mol. The van der Waals surface area contributed by atoms with Crippen molar-refractivity contribution in [2.75, 3.05) is 31.5 Å². The Morgan fingerprint density at radius 3 is 2.47 bits per heavy atom. The Hall–Kier alpha value is -3.32. The van der Waals surface area contributed by atoms with Crippen molar-refractivity contribution >= 4 is 34.7 Å². The predicted molar refractivity (Wildman–Crippen MR) is 140 cm³/mol. The van der Waals surface area contributed by atoms with Crippen LogP contribution in [-0.4, -0.2) is 68.4 Å². The third-order valence-corrected chi connectivity index (χ3v) is 7.72. The van der Waals surface area contributed by atoms with E-state index in [-0.39, 0.29) is 38.1 Å². The van der Waals surface area contributed by atoms with Crippen LogP contribution in [-0.2, 0) is 4.79 Å². The summed E-state index contributed by atoms with van der Waals surface area (Å²) in [7, 11) is 0. The molecule has 1 aromatic carbocycles. The van der Waals surface area contributed by atoms with Crippen LogP contribution < -0.4 is 5.32 Å². The van der Waals surface area contributed by atoms with Gasteiger partial charge in [-0.15, -0.1) is 11.3 Å². The first-order valence-corrected chi connectivity index (χ1v) is 12.9. The molecule has 1 amide bonds. The first kappa shape index (κ1) is 26.3. The van der Waals surface area contributed by atoms with E-state index in [4.69, 9.17) is 11.6 Å². The van der Waals surface area contributed by atoms with E-state index >= 15 is 0 Å². The normalized spacial score (nSPS) is 15.9. The zero-order valence-corrected chi connectivity index (χ0v) is 21.7. The fourth-order valence-electron chi connectivity index (χ4n) is 4.55. The number of carbonyl (C=O) groups is 1. The van der Waals surface area contributed by atoms with Gasteiger partial charge in [-0.05, 0) is 47.0 Å². The maximum absolute atomic E-state index is 13.4. The van der Waals surface area contributed by atoms with Crippen molar-refractivity contribution in [3.63, 3.8) is 0 Å². The van der Waals surface area contributed by atoms with Crippen molar-refractivity contribution in [3.8, 4) is 21.1 Å². The molecule has 0 radical (unpaired) electrons. The number of amides is 1. The molecule has 1 aliphatic heterocycles. The summed E-state index contributed by atoms with van der Waals surface area (Å²) in [4.78, 5) is 24.4. The van der Waals surface area contributed by atoms with E-state index in [1.165, 1.54) is 24.6 Å². The van der Waals surface area contributed by atoms with E-state index in [1.54, 1.807) is 24.4 Å². The molecule has 5 rings (SSSR count). The van der Waals surface area contributed by atoms with Crippen molar-refractivity contribution < 1.29 is 18.0 Å².